The van der Waals surface area contributed by atoms with Crippen LogP contribution in [-0.4, -0.2) is 73.8 Å². The minimum atomic E-state index is -0.174. The van der Waals surface area contributed by atoms with Crippen LogP contribution in [0.2, 0.25) is 0 Å². The van der Waals surface area contributed by atoms with E-state index in [2.05, 4.69) is 9.80 Å². The zero-order valence-corrected chi connectivity index (χ0v) is 12.3. The number of benzene rings is 1. The fraction of sp³-hybridized carbons (Fsp3) is 0.467. The summed E-state index contributed by atoms with van der Waals surface area (Å²) in [5, 5.41) is 0. The molecule has 0 spiro atoms. The van der Waals surface area contributed by atoms with Crippen molar-refractivity contribution in [3.05, 3.63) is 35.4 Å². The lowest BCUT2D eigenvalue weighted by Crippen LogP contribution is -2.38. The highest BCUT2D eigenvalue weighted by atomic mass is 16.2. The summed E-state index contributed by atoms with van der Waals surface area (Å²) in [5.74, 6) is -0.349. The summed E-state index contributed by atoms with van der Waals surface area (Å²) >= 11 is 0. The maximum absolute atomic E-state index is 12.2. The second-order valence-electron chi connectivity index (χ2n) is 5.41. The van der Waals surface area contributed by atoms with Crippen molar-refractivity contribution in [1.29, 1.82) is 0 Å². The number of amides is 2. The van der Waals surface area contributed by atoms with E-state index in [1.54, 1.807) is 24.3 Å². The Hall–Kier alpha value is -1.72. The molecule has 0 unspecified atom stereocenters. The number of imide groups is 1. The Kier molecular flexibility index (Phi) is 4.52. The van der Waals surface area contributed by atoms with E-state index < -0.39 is 0 Å². The monoisotopic (exact) mass is 275 g/mol. The lowest BCUT2D eigenvalue weighted by Gasteiger charge is -2.22. The van der Waals surface area contributed by atoms with E-state index in [4.69, 9.17) is 0 Å². The van der Waals surface area contributed by atoms with Gasteiger partial charge in [-0.1, -0.05) is 12.1 Å². The van der Waals surface area contributed by atoms with Crippen LogP contribution in [0.1, 0.15) is 20.7 Å². The molecule has 2 rings (SSSR count). The van der Waals surface area contributed by atoms with Gasteiger partial charge in [-0.25, -0.2) is 0 Å². The van der Waals surface area contributed by atoms with Crippen LogP contribution in [0.3, 0.4) is 0 Å². The minimum absolute atomic E-state index is 0.174. The van der Waals surface area contributed by atoms with Crippen molar-refractivity contribution in [2.24, 2.45) is 0 Å². The first-order valence-electron chi connectivity index (χ1n) is 6.79. The first kappa shape index (κ1) is 14.7. The molecule has 0 saturated carbocycles. The van der Waals surface area contributed by atoms with Gasteiger partial charge in [-0.15, -0.1) is 0 Å². The Morgan fingerprint density at radius 2 is 1.45 bits per heavy atom. The van der Waals surface area contributed by atoms with E-state index in [0.717, 1.165) is 13.1 Å². The standard InChI is InChI=1S/C15H21N3O2/c1-16(2)8-9-17(3)10-11-18-14(19)12-6-4-5-7-13(12)15(18)20/h4-7H,8-11H2,1-3H3. The molecule has 5 heteroatoms. The van der Waals surface area contributed by atoms with Crippen LogP contribution in [0, 0.1) is 0 Å². The summed E-state index contributed by atoms with van der Waals surface area (Å²) in [6.45, 7) is 3.00. The van der Waals surface area contributed by atoms with Crippen molar-refractivity contribution in [2.45, 2.75) is 0 Å². The molecule has 1 heterocycles. The predicted octanol–water partition coefficient (Wildman–Crippen LogP) is 0.776. The average Bonchev–Trinajstić information content (AvgIpc) is 2.67. The average molecular weight is 275 g/mol. The fourth-order valence-electron chi connectivity index (χ4n) is 2.20. The summed E-state index contributed by atoms with van der Waals surface area (Å²) in [6, 6.07) is 7.00. The third kappa shape index (κ3) is 3.05. The first-order valence-corrected chi connectivity index (χ1v) is 6.79. The fourth-order valence-corrected chi connectivity index (χ4v) is 2.20. The van der Waals surface area contributed by atoms with Gasteiger partial charge < -0.3 is 9.80 Å². The van der Waals surface area contributed by atoms with Gasteiger partial charge in [0, 0.05) is 26.2 Å². The Balaban J connectivity index is 1.92. The molecule has 0 atom stereocenters. The molecule has 0 N–H and O–H groups in total. The zero-order chi connectivity index (χ0) is 14.7. The normalized spacial score (nSPS) is 14.6. The molecule has 0 aromatic heterocycles. The smallest absolute Gasteiger partial charge is 0.261 e. The summed E-state index contributed by atoms with van der Waals surface area (Å²) in [6.07, 6.45) is 0. The molecule has 0 saturated heterocycles. The van der Waals surface area contributed by atoms with Crippen LogP contribution < -0.4 is 0 Å². The van der Waals surface area contributed by atoms with Crippen LogP contribution in [0.5, 0.6) is 0 Å². The van der Waals surface area contributed by atoms with Crippen molar-refractivity contribution in [3.8, 4) is 0 Å². The molecule has 2 amide bonds. The SMILES string of the molecule is CN(C)CCN(C)CCN1C(=O)c2ccccc2C1=O. The highest BCUT2D eigenvalue weighted by Gasteiger charge is 2.34. The van der Waals surface area contributed by atoms with Crippen LogP contribution in [0.4, 0.5) is 0 Å². The molecule has 1 aliphatic rings. The highest BCUT2D eigenvalue weighted by Crippen LogP contribution is 2.21. The zero-order valence-electron chi connectivity index (χ0n) is 12.3. The largest absolute Gasteiger partial charge is 0.308 e. The van der Waals surface area contributed by atoms with Gasteiger partial charge in [0.2, 0.25) is 0 Å². The summed E-state index contributed by atoms with van der Waals surface area (Å²) in [7, 11) is 6.05. The molecule has 0 radical (unpaired) electrons. The van der Waals surface area contributed by atoms with Gasteiger partial charge in [0.05, 0.1) is 11.1 Å². The van der Waals surface area contributed by atoms with Crippen molar-refractivity contribution >= 4 is 11.8 Å². The van der Waals surface area contributed by atoms with E-state index in [9.17, 15) is 9.59 Å². The van der Waals surface area contributed by atoms with E-state index in [1.807, 2.05) is 21.1 Å². The molecule has 5 nitrogen and oxygen atoms in total. The van der Waals surface area contributed by atoms with Crippen LogP contribution in [0.15, 0.2) is 24.3 Å². The summed E-state index contributed by atoms with van der Waals surface area (Å²) in [4.78, 5) is 29.9. The van der Waals surface area contributed by atoms with Crippen LogP contribution in [-0.2, 0) is 0 Å². The number of carbonyl (C=O) groups excluding carboxylic acids is 2. The first-order chi connectivity index (χ1) is 9.50. The van der Waals surface area contributed by atoms with Gasteiger partial charge >= 0.3 is 0 Å². The maximum Gasteiger partial charge on any atom is 0.261 e. The lowest BCUT2D eigenvalue weighted by molar-refractivity contribution is 0.0640. The van der Waals surface area contributed by atoms with Gasteiger partial charge in [-0.05, 0) is 33.3 Å². The van der Waals surface area contributed by atoms with Crippen LogP contribution >= 0.6 is 0 Å². The van der Waals surface area contributed by atoms with Crippen molar-refractivity contribution in [1.82, 2.24) is 14.7 Å². The molecule has 0 bridgehead atoms. The molecular weight excluding hydrogens is 254 g/mol. The lowest BCUT2D eigenvalue weighted by atomic mass is 10.1. The van der Waals surface area contributed by atoms with Gasteiger partial charge in [-0.2, -0.15) is 0 Å². The number of likely N-dealkylation sites (N-methyl/N-ethyl adjacent to an activating group) is 2. The Morgan fingerprint density at radius 1 is 0.900 bits per heavy atom. The van der Waals surface area contributed by atoms with Crippen molar-refractivity contribution in [2.75, 3.05) is 47.3 Å². The van der Waals surface area contributed by atoms with Gasteiger partial charge in [-0.3, -0.25) is 14.5 Å². The summed E-state index contributed by atoms with van der Waals surface area (Å²) in [5.41, 5.74) is 1.04. The van der Waals surface area contributed by atoms with Gasteiger partial charge in [0.25, 0.3) is 11.8 Å². The van der Waals surface area contributed by atoms with E-state index in [0.29, 0.717) is 24.2 Å². The topological polar surface area (TPSA) is 43.9 Å². The van der Waals surface area contributed by atoms with Crippen molar-refractivity contribution in [3.63, 3.8) is 0 Å². The predicted molar refractivity (Wildman–Crippen MR) is 77.9 cm³/mol. The van der Waals surface area contributed by atoms with E-state index in [-0.39, 0.29) is 11.8 Å². The number of fused-ring (bicyclic) bond motifs is 1. The molecular formula is C15H21N3O2. The van der Waals surface area contributed by atoms with Crippen molar-refractivity contribution < 1.29 is 9.59 Å². The van der Waals surface area contributed by atoms with Crippen LogP contribution in [0.25, 0.3) is 0 Å². The molecule has 0 aliphatic carbocycles. The highest BCUT2D eigenvalue weighted by molar-refractivity contribution is 6.21. The number of rotatable bonds is 6. The molecule has 0 fully saturated rings. The third-order valence-corrected chi connectivity index (χ3v) is 3.51. The molecule has 108 valence electrons. The molecule has 20 heavy (non-hydrogen) atoms. The second kappa shape index (κ2) is 6.15. The Morgan fingerprint density at radius 3 is 1.95 bits per heavy atom. The van der Waals surface area contributed by atoms with Gasteiger partial charge in [0.15, 0.2) is 0 Å². The molecule has 1 aliphatic heterocycles. The Labute approximate surface area is 119 Å². The minimum Gasteiger partial charge on any atom is -0.308 e. The van der Waals surface area contributed by atoms with E-state index in [1.165, 1.54) is 4.90 Å². The molecule has 1 aromatic rings. The third-order valence-electron chi connectivity index (χ3n) is 3.51. The second-order valence-corrected chi connectivity index (χ2v) is 5.41. The number of carbonyl (C=O) groups is 2. The maximum atomic E-state index is 12.2. The van der Waals surface area contributed by atoms with E-state index >= 15 is 0 Å². The number of hydrogen-bond acceptors (Lipinski definition) is 4. The molecule has 1 aromatic carbocycles. The Bertz CT molecular complexity index is 479. The number of nitrogens with zero attached hydrogens (tertiary/aromatic N) is 3. The number of hydrogen-bond donors (Lipinski definition) is 0. The quantitative estimate of drug-likeness (QED) is 0.720. The van der Waals surface area contributed by atoms with Gasteiger partial charge in [0.1, 0.15) is 0 Å². The summed E-state index contributed by atoms with van der Waals surface area (Å²) < 4.78 is 0.